The van der Waals surface area contributed by atoms with Gasteiger partial charge < -0.3 is 9.64 Å². The predicted molar refractivity (Wildman–Crippen MR) is 70.6 cm³/mol. The number of aromatic nitrogens is 3. The summed E-state index contributed by atoms with van der Waals surface area (Å²) < 4.78 is 6.47. The van der Waals surface area contributed by atoms with E-state index in [-0.39, 0.29) is 30.9 Å². The Hall–Kier alpha value is -1.92. The van der Waals surface area contributed by atoms with Gasteiger partial charge in [0.05, 0.1) is 13.0 Å². The molecule has 1 aromatic heterocycles. The normalized spacial score (nSPS) is 18.9. The molecule has 110 valence electrons. The van der Waals surface area contributed by atoms with Crippen LogP contribution in [0.1, 0.15) is 32.6 Å². The lowest BCUT2D eigenvalue weighted by atomic mass is 9.99. The van der Waals surface area contributed by atoms with Gasteiger partial charge in [0, 0.05) is 12.6 Å². The zero-order chi connectivity index (χ0) is 14.4. The molecule has 0 bridgehead atoms. The first kappa shape index (κ1) is 14.5. The zero-order valence-electron chi connectivity index (χ0n) is 11.7. The molecule has 1 amide bonds. The van der Waals surface area contributed by atoms with E-state index in [0.29, 0.717) is 13.2 Å². The number of nitrogens with zero attached hydrogens (tertiary/aromatic N) is 4. The maximum atomic E-state index is 12.3. The van der Waals surface area contributed by atoms with E-state index in [1.54, 1.807) is 11.8 Å². The van der Waals surface area contributed by atoms with Crippen LogP contribution in [-0.2, 0) is 20.9 Å². The molecule has 0 radical (unpaired) electrons. The predicted octanol–water partition coefficient (Wildman–Crippen LogP) is 0.612. The lowest BCUT2D eigenvalue weighted by molar-refractivity contribution is -0.146. The molecule has 20 heavy (non-hydrogen) atoms. The third-order valence-electron chi connectivity index (χ3n) is 3.42. The van der Waals surface area contributed by atoms with E-state index < -0.39 is 0 Å². The zero-order valence-corrected chi connectivity index (χ0v) is 11.7. The highest BCUT2D eigenvalue weighted by molar-refractivity contribution is 5.77. The number of likely N-dealkylation sites (tertiary alicyclic amines) is 1. The van der Waals surface area contributed by atoms with Crippen LogP contribution < -0.4 is 0 Å². The third kappa shape index (κ3) is 3.79. The lowest BCUT2D eigenvalue weighted by Gasteiger charge is -2.35. The molecule has 2 rings (SSSR count). The highest BCUT2D eigenvalue weighted by Gasteiger charge is 2.29. The fourth-order valence-corrected chi connectivity index (χ4v) is 2.50. The van der Waals surface area contributed by atoms with Crippen molar-refractivity contribution in [1.82, 2.24) is 19.7 Å². The van der Waals surface area contributed by atoms with E-state index >= 15 is 0 Å². The highest BCUT2D eigenvalue weighted by atomic mass is 16.5. The second-order valence-electron chi connectivity index (χ2n) is 4.84. The summed E-state index contributed by atoms with van der Waals surface area (Å²) in [6.07, 6.45) is 6.06. The van der Waals surface area contributed by atoms with Gasteiger partial charge in [-0.3, -0.25) is 9.59 Å². The quantitative estimate of drug-likeness (QED) is 0.739. The fourth-order valence-electron chi connectivity index (χ4n) is 2.50. The largest absolute Gasteiger partial charge is 0.466 e. The van der Waals surface area contributed by atoms with Crippen molar-refractivity contribution in [2.45, 2.75) is 45.2 Å². The number of amides is 1. The number of esters is 1. The number of rotatable bonds is 5. The Kier molecular flexibility index (Phi) is 5.09. The second kappa shape index (κ2) is 7.02. The Bertz CT molecular complexity index is 446. The molecule has 1 aliphatic heterocycles. The summed E-state index contributed by atoms with van der Waals surface area (Å²) in [7, 11) is 0. The van der Waals surface area contributed by atoms with Crippen molar-refractivity contribution >= 4 is 11.9 Å². The molecule has 0 spiro atoms. The third-order valence-corrected chi connectivity index (χ3v) is 3.42. The lowest BCUT2D eigenvalue weighted by Crippen LogP contribution is -2.46. The summed E-state index contributed by atoms with van der Waals surface area (Å²) >= 11 is 0. The van der Waals surface area contributed by atoms with Crippen LogP contribution in [0.5, 0.6) is 0 Å². The van der Waals surface area contributed by atoms with Gasteiger partial charge in [0.1, 0.15) is 19.2 Å². The van der Waals surface area contributed by atoms with E-state index in [1.165, 1.54) is 17.3 Å². The van der Waals surface area contributed by atoms with Crippen LogP contribution in [0.15, 0.2) is 12.7 Å². The van der Waals surface area contributed by atoms with Crippen LogP contribution in [0.4, 0.5) is 0 Å². The van der Waals surface area contributed by atoms with E-state index in [9.17, 15) is 9.59 Å². The van der Waals surface area contributed by atoms with Crippen LogP contribution in [0.2, 0.25) is 0 Å². The van der Waals surface area contributed by atoms with Crippen molar-refractivity contribution in [3.8, 4) is 0 Å². The molecule has 2 heterocycles. The molecule has 0 aliphatic carbocycles. The molecule has 1 aromatic rings. The van der Waals surface area contributed by atoms with Gasteiger partial charge in [0.25, 0.3) is 0 Å². The van der Waals surface area contributed by atoms with Crippen molar-refractivity contribution in [3.05, 3.63) is 12.7 Å². The van der Waals surface area contributed by atoms with Crippen LogP contribution in [0, 0.1) is 0 Å². The number of carbonyl (C=O) groups excluding carboxylic acids is 2. The van der Waals surface area contributed by atoms with Crippen molar-refractivity contribution < 1.29 is 14.3 Å². The van der Waals surface area contributed by atoms with Crippen molar-refractivity contribution in [2.24, 2.45) is 0 Å². The van der Waals surface area contributed by atoms with Crippen molar-refractivity contribution in [3.63, 3.8) is 0 Å². The average Bonchev–Trinajstić information content (AvgIpc) is 2.92. The van der Waals surface area contributed by atoms with Crippen LogP contribution >= 0.6 is 0 Å². The molecule has 0 saturated carbocycles. The van der Waals surface area contributed by atoms with Crippen LogP contribution in [0.3, 0.4) is 0 Å². The molecular weight excluding hydrogens is 260 g/mol. The highest BCUT2D eigenvalue weighted by Crippen LogP contribution is 2.20. The fraction of sp³-hybridized carbons (Fsp3) is 0.692. The molecule has 7 nitrogen and oxygen atoms in total. The monoisotopic (exact) mass is 280 g/mol. The number of ether oxygens (including phenoxy) is 1. The van der Waals surface area contributed by atoms with Gasteiger partial charge >= 0.3 is 5.97 Å². The Morgan fingerprint density at radius 1 is 1.40 bits per heavy atom. The number of hydrogen-bond acceptors (Lipinski definition) is 5. The van der Waals surface area contributed by atoms with E-state index in [1.807, 2.05) is 0 Å². The molecule has 1 saturated heterocycles. The second-order valence-corrected chi connectivity index (χ2v) is 4.84. The smallest absolute Gasteiger partial charge is 0.307 e. The minimum atomic E-state index is -0.238. The van der Waals surface area contributed by atoms with Gasteiger partial charge in [-0.1, -0.05) is 0 Å². The maximum absolute atomic E-state index is 12.3. The molecule has 1 atom stereocenters. The van der Waals surface area contributed by atoms with Crippen molar-refractivity contribution in [2.75, 3.05) is 13.2 Å². The Morgan fingerprint density at radius 3 is 2.95 bits per heavy atom. The van der Waals surface area contributed by atoms with Crippen LogP contribution in [0.25, 0.3) is 0 Å². The summed E-state index contributed by atoms with van der Waals surface area (Å²) in [6.45, 7) is 3.02. The average molecular weight is 280 g/mol. The summed E-state index contributed by atoms with van der Waals surface area (Å²) in [6, 6.07) is -0.0566. The minimum Gasteiger partial charge on any atom is -0.466 e. The molecule has 0 aromatic carbocycles. The first-order valence-corrected chi connectivity index (χ1v) is 6.98. The maximum Gasteiger partial charge on any atom is 0.307 e. The van der Waals surface area contributed by atoms with Crippen molar-refractivity contribution in [1.29, 1.82) is 0 Å². The number of carbonyl (C=O) groups is 2. The topological polar surface area (TPSA) is 77.3 Å². The SMILES string of the molecule is CCOC(=O)CC1CCCCN1C(=O)Cn1cncn1. The Labute approximate surface area is 117 Å². The minimum absolute atomic E-state index is 0.0236. The molecule has 7 heteroatoms. The molecular formula is C13H20N4O3. The number of hydrogen-bond donors (Lipinski definition) is 0. The van der Waals surface area contributed by atoms with Gasteiger partial charge in [-0.2, -0.15) is 5.10 Å². The Morgan fingerprint density at radius 2 is 2.25 bits per heavy atom. The molecule has 1 aliphatic rings. The van der Waals surface area contributed by atoms with E-state index in [2.05, 4.69) is 10.1 Å². The van der Waals surface area contributed by atoms with Gasteiger partial charge in [0.2, 0.25) is 5.91 Å². The molecule has 1 fully saturated rings. The first-order chi connectivity index (χ1) is 9.70. The van der Waals surface area contributed by atoms with E-state index in [0.717, 1.165) is 19.3 Å². The molecule has 0 N–H and O–H groups in total. The van der Waals surface area contributed by atoms with Gasteiger partial charge in [-0.15, -0.1) is 0 Å². The summed E-state index contributed by atoms with van der Waals surface area (Å²) in [5.74, 6) is -0.262. The summed E-state index contributed by atoms with van der Waals surface area (Å²) in [4.78, 5) is 29.5. The standard InChI is InChI=1S/C13H20N4O3/c1-2-20-13(19)7-11-5-3-4-6-17(11)12(18)8-16-10-14-9-15-16/h9-11H,2-8H2,1H3. The van der Waals surface area contributed by atoms with Crippen LogP contribution in [-0.4, -0.2) is 50.7 Å². The van der Waals surface area contributed by atoms with Gasteiger partial charge in [0.15, 0.2) is 0 Å². The molecule has 1 unspecified atom stereocenters. The Balaban J connectivity index is 1.95. The van der Waals surface area contributed by atoms with Gasteiger partial charge in [-0.05, 0) is 26.2 Å². The number of piperidine rings is 1. The summed E-state index contributed by atoms with van der Waals surface area (Å²) in [5.41, 5.74) is 0. The first-order valence-electron chi connectivity index (χ1n) is 6.98. The summed E-state index contributed by atoms with van der Waals surface area (Å²) in [5, 5.41) is 3.93. The van der Waals surface area contributed by atoms with E-state index in [4.69, 9.17) is 4.74 Å². The van der Waals surface area contributed by atoms with Gasteiger partial charge in [-0.25, -0.2) is 9.67 Å².